The van der Waals surface area contributed by atoms with Gasteiger partial charge in [-0.15, -0.1) is 0 Å². The van der Waals surface area contributed by atoms with E-state index in [1.807, 2.05) is 26.0 Å². The predicted octanol–water partition coefficient (Wildman–Crippen LogP) is 1.58. The Bertz CT molecular complexity index is 800. The van der Waals surface area contributed by atoms with Crippen LogP contribution in [0.15, 0.2) is 21.3 Å². The smallest absolute Gasteiger partial charge is 0.339 e. The van der Waals surface area contributed by atoms with Gasteiger partial charge in [0.2, 0.25) is 0 Å². The van der Waals surface area contributed by atoms with Crippen LogP contribution >= 0.6 is 11.6 Å². The Hall–Kier alpha value is -0.790. The number of likely N-dealkylation sites (N-methyl/N-ethyl adjacent to an activating group) is 1. The van der Waals surface area contributed by atoms with Crippen LogP contribution in [0.4, 0.5) is 0 Å². The molecule has 0 fully saturated rings. The zero-order valence-corrected chi connectivity index (χ0v) is 19.2. The van der Waals surface area contributed by atoms with Crippen molar-refractivity contribution in [3.8, 4) is 5.75 Å². The molecule has 1 heterocycles. The van der Waals surface area contributed by atoms with Crippen molar-refractivity contribution in [2.24, 2.45) is 0 Å². The largest absolute Gasteiger partial charge is 1.00 e. The molecule has 0 amide bonds. The molecule has 0 unspecified atom stereocenters. The molecule has 0 saturated carbocycles. The van der Waals surface area contributed by atoms with E-state index in [1.54, 1.807) is 0 Å². The van der Waals surface area contributed by atoms with Crippen LogP contribution in [-0.2, 0) is 6.42 Å². The monoisotopic (exact) mass is 493 g/mol. The molecule has 146 valence electrons. The Labute approximate surface area is 178 Å². The lowest BCUT2D eigenvalue weighted by atomic mass is 10.0. The van der Waals surface area contributed by atoms with Crippen LogP contribution in [-0.4, -0.2) is 37.8 Å². The Morgan fingerprint density at radius 3 is 2.42 bits per heavy atom. The second kappa shape index (κ2) is 9.95. The summed E-state index contributed by atoms with van der Waals surface area (Å²) in [4.78, 5) is 12.6. The highest BCUT2D eigenvalue weighted by Gasteiger charge is 2.21. The molecule has 0 spiro atoms. The fourth-order valence-corrected chi connectivity index (χ4v) is 3.20. The summed E-state index contributed by atoms with van der Waals surface area (Å²) in [6.45, 7) is 11.9. The third-order valence-corrected chi connectivity index (χ3v) is 5.61. The first-order valence-electron chi connectivity index (χ1n) is 9.08. The molecule has 0 atom stereocenters. The number of quaternary nitrogens is 1. The molecule has 0 saturated heterocycles. The highest BCUT2D eigenvalue weighted by molar-refractivity contribution is 6.36. The molecule has 0 aliphatic rings. The zero-order valence-electron chi connectivity index (χ0n) is 16.3. The fraction of sp³-hybridized carbons (Fsp3) is 0.550. The van der Waals surface area contributed by atoms with Crippen molar-refractivity contribution in [1.29, 1.82) is 0 Å². The Kier molecular flexibility index (Phi) is 8.89. The molecule has 26 heavy (non-hydrogen) atoms. The first kappa shape index (κ1) is 23.2. The van der Waals surface area contributed by atoms with Crippen LogP contribution in [0.3, 0.4) is 0 Å². The van der Waals surface area contributed by atoms with E-state index < -0.39 is 0 Å². The Balaban J connectivity index is 0.00000338. The first-order valence-corrected chi connectivity index (χ1v) is 9.45. The van der Waals surface area contributed by atoms with Crippen LogP contribution in [0.2, 0.25) is 5.02 Å². The molecular formula is C20H29ClINO3. The summed E-state index contributed by atoms with van der Waals surface area (Å²) in [5.41, 5.74) is 1.83. The van der Waals surface area contributed by atoms with Gasteiger partial charge in [-0.05, 0) is 44.9 Å². The molecule has 0 radical (unpaired) electrons. The second-order valence-electron chi connectivity index (χ2n) is 6.82. The van der Waals surface area contributed by atoms with Gasteiger partial charge in [-0.1, -0.05) is 18.5 Å². The number of ether oxygens (including phenoxy) is 1. The van der Waals surface area contributed by atoms with E-state index in [4.69, 9.17) is 20.8 Å². The van der Waals surface area contributed by atoms with E-state index in [1.165, 1.54) is 0 Å². The molecule has 2 aromatic rings. The van der Waals surface area contributed by atoms with Crippen molar-refractivity contribution >= 4 is 22.6 Å². The van der Waals surface area contributed by atoms with Crippen LogP contribution in [0.25, 0.3) is 11.0 Å². The average Bonchev–Trinajstić information content (AvgIpc) is 2.61. The van der Waals surface area contributed by atoms with Gasteiger partial charge < -0.3 is 37.6 Å². The number of benzene rings is 1. The van der Waals surface area contributed by atoms with Crippen molar-refractivity contribution in [3.63, 3.8) is 0 Å². The molecule has 0 aliphatic heterocycles. The molecule has 1 aromatic carbocycles. The van der Waals surface area contributed by atoms with Gasteiger partial charge >= 0.3 is 5.63 Å². The summed E-state index contributed by atoms with van der Waals surface area (Å²) in [7, 11) is 2.21. The summed E-state index contributed by atoms with van der Waals surface area (Å²) < 4.78 is 12.1. The van der Waals surface area contributed by atoms with Crippen LogP contribution in [0.1, 0.15) is 38.3 Å². The van der Waals surface area contributed by atoms with E-state index in [2.05, 4.69) is 20.9 Å². The topological polar surface area (TPSA) is 39.4 Å². The van der Waals surface area contributed by atoms with E-state index in [-0.39, 0.29) is 29.6 Å². The number of aryl methyl sites for hydroxylation is 1. The van der Waals surface area contributed by atoms with Gasteiger partial charge in [0.05, 0.1) is 33.3 Å². The highest BCUT2D eigenvalue weighted by atomic mass is 127. The number of fused-ring (bicyclic) bond motifs is 1. The number of hydrogen-bond donors (Lipinski definition) is 0. The van der Waals surface area contributed by atoms with Crippen molar-refractivity contribution in [2.75, 3.05) is 33.3 Å². The third kappa shape index (κ3) is 4.93. The minimum Gasteiger partial charge on any atom is -1.00 e. The number of nitrogens with zero attached hydrogens (tertiary/aromatic N) is 1. The lowest BCUT2D eigenvalue weighted by Crippen LogP contribution is -3.00. The predicted molar refractivity (Wildman–Crippen MR) is 104 cm³/mol. The van der Waals surface area contributed by atoms with Crippen molar-refractivity contribution < 1.29 is 37.6 Å². The first-order chi connectivity index (χ1) is 11.9. The third-order valence-electron chi connectivity index (χ3n) is 5.25. The van der Waals surface area contributed by atoms with Gasteiger partial charge in [-0.3, -0.25) is 0 Å². The van der Waals surface area contributed by atoms with E-state index in [0.717, 1.165) is 47.1 Å². The molecule has 6 heteroatoms. The van der Waals surface area contributed by atoms with Gasteiger partial charge in [0.15, 0.2) is 5.58 Å². The lowest BCUT2D eigenvalue weighted by Gasteiger charge is -2.32. The zero-order chi connectivity index (χ0) is 18.6. The van der Waals surface area contributed by atoms with Gasteiger partial charge in [0.25, 0.3) is 0 Å². The molecule has 4 nitrogen and oxygen atoms in total. The lowest BCUT2D eigenvalue weighted by molar-refractivity contribution is -0.905. The van der Waals surface area contributed by atoms with Gasteiger partial charge in [-0.25, -0.2) is 4.79 Å². The van der Waals surface area contributed by atoms with Crippen molar-refractivity contribution in [1.82, 2.24) is 0 Å². The maximum atomic E-state index is 12.6. The summed E-state index contributed by atoms with van der Waals surface area (Å²) in [6.07, 6.45) is 1.59. The summed E-state index contributed by atoms with van der Waals surface area (Å²) >= 11 is 6.41. The van der Waals surface area contributed by atoms with Gasteiger partial charge in [0.1, 0.15) is 10.8 Å². The Morgan fingerprint density at radius 1 is 1.19 bits per heavy atom. The van der Waals surface area contributed by atoms with Crippen LogP contribution in [0, 0.1) is 6.92 Å². The average molecular weight is 494 g/mol. The molecular weight excluding hydrogens is 465 g/mol. The SMILES string of the molecule is CCCOc1ccc2c(C)c(CC[N+](C)(CC)CC)c(=O)oc2c1Cl.[I-]. The Morgan fingerprint density at radius 2 is 1.85 bits per heavy atom. The highest BCUT2D eigenvalue weighted by Crippen LogP contribution is 2.34. The van der Waals surface area contributed by atoms with Gasteiger partial charge in [0, 0.05) is 17.4 Å². The maximum absolute atomic E-state index is 12.6. The molecule has 0 aliphatic carbocycles. The molecule has 0 bridgehead atoms. The summed E-state index contributed by atoms with van der Waals surface area (Å²) in [6, 6.07) is 3.79. The minimum absolute atomic E-state index is 0. The second-order valence-corrected chi connectivity index (χ2v) is 7.20. The molecule has 1 aromatic heterocycles. The van der Waals surface area contributed by atoms with Crippen LogP contribution in [0.5, 0.6) is 5.75 Å². The molecule has 2 rings (SSSR count). The van der Waals surface area contributed by atoms with Crippen LogP contribution < -0.4 is 34.3 Å². The van der Waals surface area contributed by atoms with Crippen molar-refractivity contribution in [2.45, 2.75) is 40.5 Å². The summed E-state index contributed by atoms with van der Waals surface area (Å²) in [5, 5.41) is 1.26. The van der Waals surface area contributed by atoms with E-state index in [0.29, 0.717) is 29.4 Å². The fourth-order valence-electron chi connectivity index (χ4n) is 2.94. The summed E-state index contributed by atoms with van der Waals surface area (Å²) in [5.74, 6) is 0.563. The van der Waals surface area contributed by atoms with Gasteiger partial charge in [-0.2, -0.15) is 0 Å². The number of hydrogen-bond acceptors (Lipinski definition) is 3. The number of halogens is 2. The van der Waals surface area contributed by atoms with Crippen molar-refractivity contribution in [3.05, 3.63) is 38.7 Å². The van der Waals surface area contributed by atoms with E-state index >= 15 is 0 Å². The molecule has 0 N–H and O–H groups in total. The van der Waals surface area contributed by atoms with E-state index in [9.17, 15) is 4.79 Å². The quantitative estimate of drug-likeness (QED) is 0.318. The maximum Gasteiger partial charge on any atom is 0.339 e. The normalized spacial score (nSPS) is 11.5. The minimum atomic E-state index is -0.293. The number of rotatable bonds is 8. The standard InChI is InChI=1S/C20H29ClNO3.HI/c1-6-13-24-17-10-9-15-14(4)16(11-12-22(5,7-2)8-3)20(23)25-19(15)18(17)21;/h9-10H,6-8,11-13H2,1-5H3;1H/q+1;/p-1.